The highest BCUT2D eigenvalue weighted by Gasteiger charge is 2.53. The van der Waals surface area contributed by atoms with Crippen molar-refractivity contribution in [2.24, 2.45) is 22.9 Å². The number of hydrogen-bond donors (Lipinski definition) is 1. The van der Waals surface area contributed by atoms with E-state index >= 15 is 0 Å². The van der Waals surface area contributed by atoms with Crippen LogP contribution in [-0.2, 0) is 50.9 Å². The number of nitrogens with zero attached hydrogens (tertiary/aromatic N) is 3. The van der Waals surface area contributed by atoms with Gasteiger partial charge in [0.25, 0.3) is 0 Å². The predicted molar refractivity (Wildman–Crippen MR) is 194 cm³/mol. The second-order valence-electron chi connectivity index (χ2n) is 13.9. The van der Waals surface area contributed by atoms with Crippen LogP contribution in [0.5, 0.6) is 0 Å². The lowest BCUT2D eigenvalue weighted by Gasteiger charge is -2.50. The van der Waals surface area contributed by atoms with Crippen molar-refractivity contribution in [2.45, 2.75) is 128 Å². The molecule has 3 saturated heterocycles. The van der Waals surface area contributed by atoms with E-state index in [0.717, 1.165) is 11.1 Å². The summed E-state index contributed by atoms with van der Waals surface area (Å²) in [6.07, 6.45) is -7.05. The normalized spacial score (nSPS) is 38.6. The zero-order valence-corrected chi connectivity index (χ0v) is 31.1. The average molecular weight is 721 g/mol. The molecule has 0 aliphatic carbocycles. The van der Waals surface area contributed by atoms with Crippen molar-refractivity contribution in [3.8, 4) is 0 Å². The van der Waals surface area contributed by atoms with Gasteiger partial charge in [0.1, 0.15) is 45.6 Å². The first-order valence-corrected chi connectivity index (χ1v) is 19.1. The lowest BCUT2D eigenvalue weighted by molar-refractivity contribution is -0.344. The quantitative estimate of drug-likeness (QED) is 0.0851. The molecule has 0 spiro atoms. The second kappa shape index (κ2) is 18.8. The molecule has 2 aromatic rings. The van der Waals surface area contributed by atoms with Gasteiger partial charge in [0.2, 0.25) is 0 Å². The van der Waals surface area contributed by atoms with E-state index in [1.54, 1.807) is 0 Å². The molecule has 3 fully saturated rings. The first-order chi connectivity index (χ1) is 24.5. The molecule has 5 rings (SSSR count). The number of ether oxygens (including phenoxy) is 7. The zero-order valence-electron chi connectivity index (χ0n) is 30.2. The van der Waals surface area contributed by atoms with E-state index in [4.69, 9.17) is 52.8 Å². The summed E-state index contributed by atoms with van der Waals surface area (Å²) in [5.74, 6) is -0.237. The molecule has 4 radical (unpaired) electrons. The molecule has 8 unspecified atom stereocenters. The van der Waals surface area contributed by atoms with Crippen LogP contribution in [0.15, 0.2) is 65.8 Å². The van der Waals surface area contributed by atoms with E-state index < -0.39 is 69.8 Å². The van der Waals surface area contributed by atoms with Crippen molar-refractivity contribution in [2.75, 3.05) is 6.61 Å². The summed E-state index contributed by atoms with van der Waals surface area (Å²) in [6, 6.07) is 18.7. The highest BCUT2D eigenvalue weighted by atomic mass is 31.1. The van der Waals surface area contributed by atoms with Gasteiger partial charge in [-0.1, -0.05) is 94.5 Å². The Kier molecular flexibility index (Phi) is 14.8. The molecular weight excluding hydrogens is 671 g/mol. The SMILES string of the molecule is [B]P([B])O[C@@H]1C(N=[N+]=[N-])[C@@H](OC2C(C)O[C@@H](C)C(C)[C@@H]2OCc2ccccc2)OC(CO)[C@H]1O[C@@H]1OC(C)C(C)[C@@H](OCc2ccccc2)C1C. The monoisotopic (exact) mass is 721 g/mol. The highest BCUT2D eigenvalue weighted by molar-refractivity contribution is 7.97. The molecule has 3 aliphatic heterocycles. The van der Waals surface area contributed by atoms with Gasteiger partial charge in [-0.2, -0.15) is 0 Å². The molecule has 0 amide bonds. The Balaban J connectivity index is 1.38. The molecule has 0 aromatic heterocycles. The topological polar surface area (TPSA) is 143 Å². The van der Waals surface area contributed by atoms with Crippen LogP contribution >= 0.6 is 7.91 Å². The number of benzene rings is 2. The number of aliphatic hydroxyl groups excluding tert-OH is 1. The van der Waals surface area contributed by atoms with Gasteiger partial charge in [-0.25, -0.2) is 0 Å². The number of rotatable bonds is 14. The Morgan fingerprint density at radius 2 is 1.24 bits per heavy atom. The number of hydrogen-bond acceptors (Lipinski definition) is 10. The van der Waals surface area contributed by atoms with E-state index in [1.807, 2.05) is 95.3 Å². The van der Waals surface area contributed by atoms with Crippen LogP contribution in [0.3, 0.4) is 0 Å². The molecule has 274 valence electrons. The van der Waals surface area contributed by atoms with Gasteiger partial charge in [0.15, 0.2) is 12.6 Å². The van der Waals surface area contributed by atoms with Gasteiger partial charge >= 0.3 is 0 Å². The summed E-state index contributed by atoms with van der Waals surface area (Å²) in [5, 5.41) is 14.8. The Hall–Kier alpha value is -2.05. The lowest BCUT2D eigenvalue weighted by atomic mass is 9.86. The van der Waals surface area contributed by atoms with Crippen LogP contribution in [0.4, 0.5) is 0 Å². The molecule has 12 nitrogen and oxygen atoms in total. The van der Waals surface area contributed by atoms with Gasteiger partial charge < -0.3 is 42.8 Å². The summed E-state index contributed by atoms with van der Waals surface area (Å²) in [5.41, 5.74) is 11.8. The third kappa shape index (κ3) is 9.93. The third-order valence-electron chi connectivity index (χ3n) is 10.4. The molecule has 1 N–H and O–H groups in total. The third-order valence-corrected chi connectivity index (χ3v) is 10.9. The average Bonchev–Trinajstić information content (AvgIpc) is 3.12. The fraction of sp³-hybridized carbons (Fsp3) is 0.667. The highest BCUT2D eigenvalue weighted by Crippen LogP contribution is 2.41. The minimum Gasteiger partial charge on any atom is -0.394 e. The van der Waals surface area contributed by atoms with Gasteiger partial charge in [0, 0.05) is 22.7 Å². The Bertz CT molecular complexity index is 1400. The Labute approximate surface area is 305 Å². The van der Waals surface area contributed by atoms with Crippen molar-refractivity contribution in [1.82, 2.24) is 0 Å². The van der Waals surface area contributed by atoms with Crippen molar-refractivity contribution in [3.05, 3.63) is 82.2 Å². The van der Waals surface area contributed by atoms with Crippen LogP contribution in [0.2, 0.25) is 0 Å². The maximum Gasteiger partial charge on any atom is 0.169 e. The van der Waals surface area contributed by atoms with Crippen LogP contribution in [0.1, 0.15) is 52.7 Å². The molecule has 15 atom stereocenters. The summed E-state index contributed by atoms with van der Waals surface area (Å²) in [6.45, 7) is 12.3. The first kappa shape index (κ1) is 40.1. The first-order valence-electron chi connectivity index (χ1n) is 17.7. The van der Waals surface area contributed by atoms with Crippen LogP contribution in [-0.4, -0.2) is 100 Å². The van der Waals surface area contributed by atoms with Crippen LogP contribution in [0.25, 0.3) is 10.4 Å². The fourth-order valence-electron chi connectivity index (χ4n) is 7.23. The maximum absolute atomic E-state index is 10.7. The van der Waals surface area contributed by atoms with Crippen molar-refractivity contribution in [1.29, 1.82) is 0 Å². The minimum atomic E-state index is -1.97. The molecule has 51 heavy (non-hydrogen) atoms. The number of aliphatic hydroxyl groups is 1. The minimum absolute atomic E-state index is 0.0551. The standard InChI is InChI=1S/C36H50B2N3O9P/c1-20-24(5)46-35(22(3)30(20)43-18-26-13-9-7-10-14-26)49-33-28(17-42)47-36(29(40-41-39)34(33)50-51(37)38)48-32-25(6)45-23(4)21(2)31(32)44-19-27-15-11-8-12-16-27/h7-16,20-25,28-36,42H,17-19H2,1-6H3/t20?,21?,22?,23-,24?,25?,28?,29?,30+,31-,32?,33+,34+,35-,36+/m0/s1. The summed E-state index contributed by atoms with van der Waals surface area (Å²) >= 11 is 0. The Morgan fingerprint density at radius 3 is 1.80 bits per heavy atom. The van der Waals surface area contributed by atoms with Crippen molar-refractivity contribution in [3.63, 3.8) is 0 Å². The van der Waals surface area contributed by atoms with Gasteiger partial charge in [-0.05, 0) is 37.4 Å². The van der Waals surface area contributed by atoms with Gasteiger partial charge in [-0.15, -0.1) is 0 Å². The van der Waals surface area contributed by atoms with Crippen molar-refractivity contribution < 1.29 is 42.8 Å². The molecule has 2 aromatic carbocycles. The van der Waals surface area contributed by atoms with Crippen molar-refractivity contribution >= 4 is 23.0 Å². The summed E-state index contributed by atoms with van der Waals surface area (Å²) < 4.78 is 51.3. The molecule has 0 saturated carbocycles. The Morgan fingerprint density at radius 1 is 0.686 bits per heavy atom. The smallest absolute Gasteiger partial charge is 0.169 e. The van der Waals surface area contributed by atoms with Gasteiger partial charge in [-0.3, -0.25) is 0 Å². The summed E-state index contributed by atoms with van der Waals surface area (Å²) in [4.78, 5) is 3.11. The van der Waals surface area contributed by atoms with E-state index in [-0.39, 0.29) is 36.1 Å². The zero-order chi connectivity index (χ0) is 36.7. The molecule has 3 aliphatic rings. The van der Waals surface area contributed by atoms with E-state index in [1.165, 1.54) is 0 Å². The fourth-order valence-corrected chi connectivity index (χ4v) is 7.75. The number of azide groups is 1. The molecule has 0 bridgehead atoms. The van der Waals surface area contributed by atoms with Crippen LogP contribution in [0, 0.1) is 17.8 Å². The molecular formula is C36H50B2N3O9P. The molecule has 15 heteroatoms. The van der Waals surface area contributed by atoms with E-state index in [0.29, 0.717) is 13.2 Å². The summed E-state index contributed by atoms with van der Waals surface area (Å²) in [7, 11) is 10.1. The second-order valence-corrected chi connectivity index (χ2v) is 14.8. The molecule has 3 heterocycles. The lowest BCUT2D eigenvalue weighted by Crippen LogP contribution is -2.64. The van der Waals surface area contributed by atoms with E-state index in [9.17, 15) is 10.6 Å². The van der Waals surface area contributed by atoms with E-state index in [2.05, 4.69) is 16.9 Å². The predicted octanol–water partition coefficient (Wildman–Crippen LogP) is 5.73. The van der Waals surface area contributed by atoms with Gasteiger partial charge in [0.05, 0.1) is 50.3 Å². The largest absolute Gasteiger partial charge is 0.394 e. The van der Waals surface area contributed by atoms with Crippen LogP contribution < -0.4 is 0 Å². The maximum atomic E-state index is 10.7.